The number of hydrogen-bond donors (Lipinski definition) is 1. The van der Waals surface area contributed by atoms with Crippen molar-refractivity contribution in [1.82, 2.24) is 20.0 Å². The van der Waals surface area contributed by atoms with Gasteiger partial charge < -0.3 is 15.0 Å². The Balaban J connectivity index is 1.49. The van der Waals surface area contributed by atoms with Gasteiger partial charge in [0.05, 0.1) is 19.3 Å². The van der Waals surface area contributed by atoms with Gasteiger partial charge in [0.15, 0.2) is 0 Å². The molecule has 2 amide bonds. The van der Waals surface area contributed by atoms with Gasteiger partial charge in [0, 0.05) is 29.2 Å². The molecule has 0 unspecified atom stereocenters. The normalized spacial score (nSPS) is 16.8. The smallest absolute Gasteiger partial charge is 0.273 e. The van der Waals surface area contributed by atoms with Crippen LogP contribution < -0.4 is 10.1 Å². The van der Waals surface area contributed by atoms with E-state index in [0.29, 0.717) is 22.2 Å². The molecule has 1 N–H and O–H groups in total. The van der Waals surface area contributed by atoms with E-state index in [2.05, 4.69) is 5.32 Å². The first-order valence-electron chi connectivity index (χ1n) is 12.0. The van der Waals surface area contributed by atoms with E-state index in [1.807, 2.05) is 66.7 Å². The van der Waals surface area contributed by atoms with Crippen molar-refractivity contribution in [2.75, 3.05) is 7.11 Å². The molecule has 4 aromatic rings. The quantitative estimate of drug-likeness (QED) is 0.379. The summed E-state index contributed by atoms with van der Waals surface area (Å²) in [6, 6.07) is 26.3. The third kappa shape index (κ3) is 4.82. The predicted octanol–water partition coefficient (Wildman–Crippen LogP) is 4.94. The number of amides is 2. The lowest BCUT2D eigenvalue weighted by molar-refractivity contribution is -0.133. The van der Waals surface area contributed by atoms with Crippen LogP contribution in [0.3, 0.4) is 0 Å². The second-order valence-corrected chi connectivity index (χ2v) is 9.66. The summed E-state index contributed by atoms with van der Waals surface area (Å²) in [4.78, 5) is 29.3. The highest BCUT2D eigenvalue weighted by atomic mass is 35.5. The number of rotatable bonds is 7. The number of hydrogen-bond acceptors (Lipinski definition) is 4. The number of ether oxygens (including phenoxy) is 1. The average Bonchev–Trinajstić information content (AvgIpc) is 3.35. The van der Waals surface area contributed by atoms with Crippen LogP contribution in [0.1, 0.15) is 28.5 Å². The molecule has 0 bridgehead atoms. The molecule has 5 rings (SSSR count). The number of carbonyl (C=O) groups excluding carboxylic acids is 2. The van der Waals surface area contributed by atoms with E-state index >= 15 is 0 Å². The van der Waals surface area contributed by atoms with Crippen LogP contribution >= 0.6 is 11.6 Å². The SMILES string of the molecule is COc1ccccc1CNC(=O)[C@]1(C)Cn2nc(-c3ccccc3)cc2C(=O)N1Cc1ccc(Cl)cc1. The van der Waals surface area contributed by atoms with Crippen LogP contribution in [0.15, 0.2) is 84.9 Å². The van der Waals surface area contributed by atoms with Gasteiger partial charge in [0.25, 0.3) is 5.91 Å². The molecule has 8 heteroatoms. The maximum Gasteiger partial charge on any atom is 0.273 e. The molecule has 7 nitrogen and oxygen atoms in total. The highest BCUT2D eigenvalue weighted by Gasteiger charge is 2.48. The van der Waals surface area contributed by atoms with Gasteiger partial charge >= 0.3 is 0 Å². The molecule has 0 fully saturated rings. The van der Waals surface area contributed by atoms with Crippen molar-refractivity contribution >= 4 is 23.4 Å². The van der Waals surface area contributed by atoms with Gasteiger partial charge in [-0.25, -0.2) is 0 Å². The lowest BCUT2D eigenvalue weighted by atomic mass is 9.94. The number of para-hydroxylation sites is 1. The highest BCUT2D eigenvalue weighted by molar-refractivity contribution is 6.30. The Morgan fingerprint density at radius 2 is 1.76 bits per heavy atom. The second-order valence-electron chi connectivity index (χ2n) is 9.22. The number of fused-ring (bicyclic) bond motifs is 1. The Bertz CT molecular complexity index is 1440. The summed E-state index contributed by atoms with van der Waals surface area (Å²) in [5.74, 6) is 0.154. The van der Waals surface area contributed by atoms with Crippen molar-refractivity contribution in [2.24, 2.45) is 0 Å². The number of nitrogens with zero attached hydrogens (tertiary/aromatic N) is 3. The molecule has 3 aromatic carbocycles. The Kier molecular flexibility index (Phi) is 6.72. The third-order valence-electron chi connectivity index (χ3n) is 6.74. The zero-order valence-electron chi connectivity index (χ0n) is 20.6. The van der Waals surface area contributed by atoms with E-state index in [0.717, 1.165) is 16.7 Å². The maximum absolute atomic E-state index is 13.9. The van der Waals surface area contributed by atoms with Gasteiger partial charge in [0.1, 0.15) is 17.0 Å². The molecule has 0 saturated carbocycles. The molecule has 0 radical (unpaired) electrons. The summed E-state index contributed by atoms with van der Waals surface area (Å²) in [6.45, 7) is 2.51. The maximum atomic E-state index is 13.9. The summed E-state index contributed by atoms with van der Waals surface area (Å²) in [5, 5.41) is 8.33. The molecule has 2 heterocycles. The van der Waals surface area contributed by atoms with Gasteiger partial charge in [-0.05, 0) is 36.8 Å². The molecule has 37 heavy (non-hydrogen) atoms. The van der Waals surface area contributed by atoms with E-state index in [9.17, 15) is 9.59 Å². The fourth-order valence-electron chi connectivity index (χ4n) is 4.63. The predicted molar refractivity (Wildman–Crippen MR) is 142 cm³/mol. The van der Waals surface area contributed by atoms with Crippen LogP contribution in [0.2, 0.25) is 5.02 Å². The summed E-state index contributed by atoms with van der Waals surface area (Å²) in [6.07, 6.45) is 0. The monoisotopic (exact) mass is 514 g/mol. The first-order valence-corrected chi connectivity index (χ1v) is 12.4. The van der Waals surface area contributed by atoms with Crippen molar-refractivity contribution in [3.05, 3.63) is 107 Å². The Hall–Kier alpha value is -4.10. The van der Waals surface area contributed by atoms with Crippen molar-refractivity contribution < 1.29 is 14.3 Å². The van der Waals surface area contributed by atoms with Crippen LogP contribution in [-0.2, 0) is 24.4 Å². The summed E-state index contributed by atoms with van der Waals surface area (Å²) in [5.41, 5.74) is 2.57. The minimum atomic E-state index is -1.19. The minimum absolute atomic E-state index is 0.215. The number of halogens is 1. The molecule has 0 aliphatic carbocycles. The van der Waals surface area contributed by atoms with Crippen LogP contribution in [0.25, 0.3) is 11.3 Å². The molecule has 1 atom stereocenters. The van der Waals surface area contributed by atoms with Gasteiger partial charge in [-0.1, -0.05) is 72.3 Å². The van der Waals surface area contributed by atoms with Gasteiger partial charge in [-0.2, -0.15) is 5.10 Å². The zero-order chi connectivity index (χ0) is 26.0. The Morgan fingerprint density at radius 3 is 2.49 bits per heavy atom. The Labute approximate surface area is 220 Å². The summed E-state index contributed by atoms with van der Waals surface area (Å²) in [7, 11) is 1.60. The highest BCUT2D eigenvalue weighted by Crippen LogP contribution is 2.32. The van der Waals surface area contributed by atoms with Crippen LogP contribution in [0, 0.1) is 0 Å². The summed E-state index contributed by atoms with van der Waals surface area (Å²) >= 11 is 6.08. The molecule has 0 spiro atoms. The van der Waals surface area contributed by atoms with E-state index in [4.69, 9.17) is 21.4 Å². The van der Waals surface area contributed by atoms with E-state index in [-0.39, 0.29) is 31.4 Å². The first kappa shape index (κ1) is 24.6. The zero-order valence-corrected chi connectivity index (χ0v) is 21.4. The molecule has 1 aliphatic rings. The fourth-order valence-corrected chi connectivity index (χ4v) is 4.75. The number of nitrogens with one attached hydrogen (secondary N) is 1. The molecule has 1 aromatic heterocycles. The molecule has 188 valence electrons. The van der Waals surface area contributed by atoms with Gasteiger partial charge in [0.2, 0.25) is 5.91 Å². The van der Waals surface area contributed by atoms with Gasteiger partial charge in [-0.3, -0.25) is 14.3 Å². The first-order chi connectivity index (χ1) is 17.9. The number of benzene rings is 3. The molecular weight excluding hydrogens is 488 g/mol. The largest absolute Gasteiger partial charge is 0.496 e. The van der Waals surface area contributed by atoms with Crippen LogP contribution in [-0.4, -0.2) is 39.1 Å². The van der Waals surface area contributed by atoms with Crippen molar-refractivity contribution in [1.29, 1.82) is 0 Å². The molecule has 0 saturated heterocycles. The number of aromatic nitrogens is 2. The average molecular weight is 515 g/mol. The summed E-state index contributed by atoms with van der Waals surface area (Å²) < 4.78 is 7.07. The van der Waals surface area contributed by atoms with E-state index in [1.54, 1.807) is 41.8 Å². The number of methoxy groups -OCH3 is 1. The second kappa shape index (κ2) is 10.1. The number of carbonyl (C=O) groups is 2. The van der Waals surface area contributed by atoms with Gasteiger partial charge in [-0.15, -0.1) is 0 Å². The minimum Gasteiger partial charge on any atom is -0.496 e. The van der Waals surface area contributed by atoms with Crippen molar-refractivity contribution in [2.45, 2.75) is 32.1 Å². The van der Waals surface area contributed by atoms with Crippen LogP contribution in [0.5, 0.6) is 5.75 Å². The van der Waals surface area contributed by atoms with Crippen molar-refractivity contribution in [3.8, 4) is 17.0 Å². The molecular formula is C29H27ClN4O3. The van der Waals surface area contributed by atoms with Crippen LogP contribution in [0.4, 0.5) is 0 Å². The lowest BCUT2D eigenvalue weighted by Crippen LogP contribution is -2.63. The Morgan fingerprint density at radius 1 is 1.05 bits per heavy atom. The topological polar surface area (TPSA) is 76.5 Å². The third-order valence-corrected chi connectivity index (χ3v) is 6.99. The van der Waals surface area contributed by atoms with E-state index < -0.39 is 5.54 Å². The van der Waals surface area contributed by atoms with E-state index in [1.165, 1.54) is 0 Å². The van der Waals surface area contributed by atoms with Crippen molar-refractivity contribution in [3.63, 3.8) is 0 Å². The fraction of sp³-hybridized carbons (Fsp3) is 0.207. The lowest BCUT2D eigenvalue weighted by Gasteiger charge is -2.43. The molecule has 1 aliphatic heterocycles. The standard InChI is InChI=1S/C29H27ClN4O3/c1-29(28(36)31-17-22-10-6-7-11-26(22)37-2)19-34-25(16-24(32-34)21-8-4-3-5-9-21)27(35)33(29)18-20-12-14-23(30)15-13-20/h3-16H,17-19H2,1-2H3,(H,31,36)/t29-/m0/s1.